The van der Waals surface area contributed by atoms with Crippen LogP contribution in [-0.2, 0) is 0 Å². The maximum Gasteiger partial charge on any atom is 0.113 e. The lowest BCUT2D eigenvalue weighted by atomic mass is 10.1. The fourth-order valence-corrected chi connectivity index (χ4v) is 1.12. The van der Waals surface area contributed by atoms with E-state index in [1.165, 1.54) is 5.56 Å². The third-order valence-electron chi connectivity index (χ3n) is 1.87. The molecule has 0 bridgehead atoms. The van der Waals surface area contributed by atoms with Gasteiger partial charge in [0, 0.05) is 12.7 Å². The zero-order chi connectivity index (χ0) is 11.5. The Labute approximate surface area is 91.5 Å². The SMILES string of the molecule is CC.Cc1cn[nH]c1.FC1CCCNC1. The lowest BCUT2D eigenvalue weighted by Crippen LogP contribution is -2.30. The molecular formula is C11H22FN3. The van der Waals surface area contributed by atoms with Gasteiger partial charge < -0.3 is 5.32 Å². The number of rotatable bonds is 0. The molecule has 2 heterocycles. The Kier molecular flexibility index (Phi) is 9.07. The summed E-state index contributed by atoms with van der Waals surface area (Å²) in [5.74, 6) is 0. The first kappa shape index (κ1) is 14.1. The first-order valence-corrected chi connectivity index (χ1v) is 5.59. The number of aromatic nitrogens is 2. The van der Waals surface area contributed by atoms with E-state index in [9.17, 15) is 4.39 Å². The monoisotopic (exact) mass is 215 g/mol. The molecule has 88 valence electrons. The van der Waals surface area contributed by atoms with Crippen molar-refractivity contribution in [1.29, 1.82) is 0 Å². The molecule has 0 spiro atoms. The molecule has 4 heteroatoms. The second kappa shape index (κ2) is 9.65. The van der Waals surface area contributed by atoms with Crippen molar-refractivity contribution in [1.82, 2.24) is 15.5 Å². The Morgan fingerprint density at radius 3 is 2.40 bits per heavy atom. The van der Waals surface area contributed by atoms with E-state index in [1.807, 2.05) is 27.0 Å². The van der Waals surface area contributed by atoms with Crippen LogP contribution in [0.1, 0.15) is 32.3 Å². The van der Waals surface area contributed by atoms with Crippen molar-refractivity contribution in [2.45, 2.75) is 39.8 Å². The van der Waals surface area contributed by atoms with Gasteiger partial charge >= 0.3 is 0 Å². The normalized spacial score (nSPS) is 19.3. The highest BCUT2D eigenvalue weighted by molar-refractivity contribution is 4.96. The van der Waals surface area contributed by atoms with Crippen molar-refractivity contribution in [2.75, 3.05) is 13.1 Å². The van der Waals surface area contributed by atoms with Crippen LogP contribution in [0.3, 0.4) is 0 Å². The summed E-state index contributed by atoms with van der Waals surface area (Å²) in [7, 11) is 0. The first-order valence-electron chi connectivity index (χ1n) is 5.59. The molecule has 1 fully saturated rings. The molecule has 0 aromatic carbocycles. The second-order valence-corrected chi connectivity index (χ2v) is 3.22. The predicted molar refractivity (Wildman–Crippen MR) is 61.7 cm³/mol. The minimum atomic E-state index is -0.575. The Balaban J connectivity index is 0.000000227. The van der Waals surface area contributed by atoms with Gasteiger partial charge in [-0.25, -0.2) is 4.39 Å². The number of H-pyrrole nitrogens is 1. The number of hydrogen-bond donors (Lipinski definition) is 2. The molecule has 1 aromatic rings. The number of piperidine rings is 1. The quantitative estimate of drug-likeness (QED) is 0.698. The van der Waals surface area contributed by atoms with Gasteiger partial charge in [0.1, 0.15) is 6.17 Å². The van der Waals surface area contributed by atoms with Gasteiger partial charge in [0.05, 0.1) is 6.20 Å². The fourth-order valence-electron chi connectivity index (χ4n) is 1.12. The maximum absolute atomic E-state index is 12.1. The highest BCUT2D eigenvalue weighted by atomic mass is 19.1. The van der Waals surface area contributed by atoms with Crippen LogP contribution in [0.2, 0.25) is 0 Å². The molecule has 1 aromatic heterocycles. The largest absolute Gasteiger partial charge is 0.314 e. The van der Waals surface area contributed by atoms with E-state index in [4.69, 9.17) is 0 Å². The molecule has 2 rings (SSSR count). The highest BCUT2D eigenvalue weighted by Crippen LogP contribution is 2.03. The third-order valence-corrected chi connectivity index (χ3v) is 1.87. The molecule has 1 aliphatic rings. The molecule has 2 N–H and O–H groups in total. The number of aryl methyl sites for hydroxylation is 1. The van der Waals surface area contributed by atoms with E-state index in [1.54, 1.807) is 6.20 Å². The van der Waals surface area contributed by atoms with E-state index in [0.29, 0.717) is 6.54 Å². The number of alkyl halides is 1. The van der Waals surface area contributed by atoms with Crippen LogP contribution < -0.4 is 5.32 Å². The Morgan fingerprint density at radius 2 is 2.20 bits per heavy atom. The van der Waals surface area contributed by atoms with Crippen molar-refractivity contribution in [3.63, 3.8) is 0 Å². The number of aromatic amines is 1. The number of hydrogen-bond acceptors (Lipinski definition) is 2. The first-order chi connectivity index (χ1) is 7.29. The van der Waals surface area contributed by atoms with Crippen molar-refractivity contribution < 1.29 is 4.39 Å². The summed E-state index contributed by atoms with van der Waals surface area (Å²) in [6, 6.07) is 0. The minimum absolute atomic E-state index is 0.569. The Hall–Kier alpha value is -0.900. The Bertz CT molecular complexity index is 206. The van der Waals surface area contributed by atoms with Crippen molar-refractivity contribution in [3.8, 4) is 0 Å². The lowest BCUT2D eigenvalue weighted by Gasteiger charge is -2.14. The van der Waals surface area contributed by atoms with E-state index in [0.717, 1.165) is 19.4 Å². The van der Waals surface area contributed by atoms with Gasteiger partial charge in [0.2, 0.25) is 0 Å². The van der Waals surface area contributed by atoms with E-state index < -0.39 is 6.17 Å². The summed E-state index contributed by atoms with van der Waals surface area (Å²) >= 11 is 0. The average molecular weight is 215 g/mol. The standard InChI is InChI=1S/C5H10FN.C4H6N2.C2H6/c6-5-2-1-3-7-4-5;1-4-2-5-6-3-4;1-2/h5,7H,1-4H2;2-3H,1H3,(H,5,6);1-2H3. The lowest BCUT2D eigenvalue weighted by molar-refractivity contribution is 0.266. The Morgan fingerprint density at radius 1 is 1.47 bits per heavy atom. The van der Waals surface area contributed by atoms with Crippen molar-refractivity contribution in [3.05, 3.63) is 18.0 Å². The van der Waals surface area contributed by atoms with Gasteiger partial charge in [-0.15, -0.1) is 0 Å². The molecule has 3 nitrogen and oxygen atoms in total. The van der Waals surface area contributed by atoms with Gasteiger partial charge in [0.15, 0.2) is 0 Å². The number of nitrogens with one attached hydrogen (secondary N) is 2. The molecule has 0 saturated carbocycles. The highest BCUT2D eigenvalue weighted by Gasteiger charge is 2.08. The van der Waals surface area contributed by atoms with E-state index in [-0.39, 0.29) is 0 Å². The number of nitrogens with zero attached hydrogens (tertiary/aromatic N) is 1. The number of halogens is 1. The summed E-state index contributed by atoms with van der Waals surface area (Å²) in [5.41, 5.74) is 1.18. The van der Waals surface area contributed by atoms with Gasteiger partial charge in [-0.2, -0.15) is 5.10 Å². The van der Waals surface area contributed by atoms with E-state index >= 15 is 0 Å². The van der Waals surface area contributed by atoms with Gasteiger partial charge in [-0.3, -0.25) is 5.10 Å². The molecule has 15 heavy (non-hydrogen) atoms. The van der Waals surface area contributed by atoms with Crippen molar-refractivity contribution in [2.24, 2.45) is 0 Å². The molecule has 0 radical (unpaired) electrons. The maximum atomic E-state index is 12.1. The summed E-state index contributed by atoms with van der Waals surface area (Å²) in [6.07, 6.45) is 4.81. The van der Waals surface area contributed by atoms with Gasteiger partial charge in [-0.05, 0) is 31.9 Å². The predicted octanol–water partition coefficient (Wildman–Crippen LogP) is 2.45. The topological polar surface area (TPSA) is 40.7 Å². The summed E-state index contributed by atoms with van der Waals surface area (Å²) in [4.78, 5) is 0. The van der Waals surface area contributed by atoms with Crippen LogP contribution in [0, 0.1) is 6.92 Å². The molecule has 1 saturated heterocycles. The van der Waals surface area contributed by atoms with Gasteiger partial charge in [0.25, 0.3) is 0 Å². The molecule has 1 unspecified atom stereocenters. The molecular weight excluding hydrogens is 193 g/mol. The third kappa shape index (κ3) is 8.12. The zero-order valence-electron chi connectivity index (χ0n) is 9.89. The summed E-state index contributed by atoms with van der Waals surface area (Å²) < 4.78 is 12.1. The molecule has 1 aliphatic heterocycles. The van der Waals surface area contributed by atoms with Gasteiger partial charge in [-0.1, -0.05) is 13.8 Å². The fraction of sp³-hybridized carbons (Fsp3) is 0.727. The van der Waals surface area contributed by atoms with Crippen molar-refractivity contribution >= 4 is 0 Å². The second-order valence-electron chi connectivity index (χ2n) is 3.22. The zero-order valence-corrected chi connectivity index (χ0v) is 9.89. The average Bonchev–Trinajstić information content (AvgIpc) is 2.74. The summed E-state index contributed by atoms with van der Waals surface area (Å²) in [5, 5.41) is 9.34. The van der Waals surface area contributed by atoms with Crippen LogP contribution in [-0.4, -0.2) is 29.5 Å². The van der Waals surface area contributed by atoms with E-state index in [2.05, 4.69) is 15.5 Å². The molecule has 0 amide bonds. The van der Waals surface area contributed by atoms with Crippen LogP contribution >= 0.6 is 0 Å². The van der Waals surface area contributed by atoms with Crippen LogP contribution in [0.25, 0.3) is 0 Å². The van der Waals surface area contributed by atoms with Crippen LogP contribution in [0.5, 0.6) is 0 Å². The molecule has 0 aliphatic carbocycles. The minimum Gasteiger partial charge on any atom is -0.314 e. The molecule has 1 atom stereocenters. The van der Waals surface area contributed by atoms with Crippen LogP contribution in [0.15, 0.2) is 12.4 Å². The smallest absolute Gasteiger partial charge is 0.113 e. The summed E-state index contributed by atoms with van der Waals surface area (Å²) in [6.45, 7) is 7.56. The van der Waals surface area contributed by atoms with Crippen LogP contribution in [0.4, 0.5) is 4.39 Å².